The number of fused-ring (bicyclic) bond motifs is 1. The van der Waals surface area contributed by atoms with E-state index in [4.69, 9.17) is 27.9 Å². The van der Waals surface area contributed by atoms with Crippen molar-refractivity contribution in [3.8, 4) is 5.75 Å². The van der Waals surface area contributed by atoms with Crippen molar-refractivity contribution >= 4 is 40.0 Å². The average Bonchev–Trinajstić information content (AvgIpc) is 2.80. The summed E-state index contributed by atoms with van der Waals surface area (Å²) in [6, 6.07) is 19.7. The molecule has 0 saturated carbocycles. The third-order valence-corrected chi connectivity index (χ3v) is 5.55. The van der Waals surface area contributed by atoms with Gasteiger partial charge in [-0.05, 0) is 35.4 Å². The number of hydrogen-bond donors (Lipinski definition) is 1. The normalized spacial score (nSPS) is 11.8. The molecule has 8 heteroatoms. The zero-order chi connectivity index (χ0) is 22.7. The number of ether oxygens (including phenoxy) is 1. The van der Waals surface area contributed by atoms with Gasteiger partial charge in [0.05, 0.1) is 35.4 Å². The van der Waals surface area contributed by atoms with Gasteiger partial charge in [0.1, 0.15) is 12.3 Å². The van der Waals surface area contributed by atoms with Crippen molar-refractivity contribution in [2.24, 2.45) is 0 Å². The minimum Gasteiger partial charge on any atom is -0.497 e. The molecule has 1 aromatic heterocycles. The van der Waals surface area contributed by atoms with E-state index in [1.807, 2.05) is 54.6 Å². The monoisotopic (exact) mass is 467 g/mol. The van der Waals surface area contributed by atoms with Crippen LogP contribution >= 0.6 is 23.2 Å². The largest absolute Gasteiger partial charge is 0.497 e. The highest BCUT2D eigenvalue weighted by Gasteiger charge is 2.18. The first-order chi connectivity index (χ1) is 15.5. The molecule has 1 heterocycles. The molecular weight excluding hydrogens is 449 g/mol. The second-order valence-electron chi connectivity index (χ2n) is 7.15. The lowest BCUT2D eigenvalue weighted by Crippen LogP contribution is -2.35. The Morgan fingerprint density at radius 1 is 1.06 bits per heavy atom. The molecule has 0 aliphatic rings. The van der Waals surface area contributed by atoms with E-state index in [0.29, 0.717) is 10.5 Å². The van der Waals surface area contributed by atoms with Crippen LogP contribution in [0, 0.1) is 0 Å². The summed E-state index contributed by atoms with van der Waals surface area (Å²) in [7, 11) is 1.60. The minimum absolute atomic E-state index is 0.203. The maximum absolute atomic E-state index is 12.9. The Kier molecular flexibility index (Phi) is 6.44. The number of carbonyl (C=O) groups excluding carboxylic acids is 1. The molecule has 0 saturated heterocycles. The quantitative estimate of drug-likeness (QED) is 0.449. The first kappa shape index (κ1) is 21.9. The standard InChI is InChI=1S/C24H19Cl2N3O3/c1-32-18-9-7-16(8-10-18)22(15-5-3-2-4-6-15)28-21(30)13-29-14-27-23-19(24(29)31)11-17(25)12-20(23)26/h2-12,14,22H,13H2,1H3,(H,28,30)/t22-/m1/s1. The number of amides is 1. The highest BCUT2D eigenvalue weighted by Crippen LogP contribution is 2.25. The molecule has 0 unspecified atom stereocenters. The van der Waals surface area contributed by atoms with Crippen LogP contribution in [0.2, 0.25) is 10.0 Å². The summed E-state index contributed by atoms with van der Waals surface area (Å²) in [4.78, 5) is 30.0. The maximum Gasteiger partial charge on any atom is 0.261 e. The third kappa shape index (κ3) is 4.61. The predicted octanol–water partition coefficient (Wildman–Crippen LogP) is 4.62. The number of hydrogen-bond acceptors (Lipinski definition) is 4. The first-order valence-corrected chi connectivity index (χ1v) is 10.5. The maximum atomic E-state index is 12.9. The van der Waals surface area contributed by atoms with Crippen molar-refractivity contribution in [2.75, 3.05) is 7.11 Å². The lowest BCUT2D eigenvalue weighted by atomic mass is 9.98. The van der Waals surface area contributed by atoms with E-state index in [0.717, 1.165) is 16.9 Å². The molecule has 162 valence electrons. The van der Waals surface area contributed by atoms with Gasteiger partial charge in [-0.25, -0.2) is 4.98 Å². The molecule has 1 atom stereocenters. The van der Waals surface area contributed by atoms with E-state index < -0.39 is 11.6 Å². The van der Waals surface area contributed by atoms with E-state index in [1.54, 1.807) is 7.11 Å². The van der Waals surface area contributed by atoms with Crippen molar-refractivity contribution in [1.82, 2.24) is 14.9 Å². The van der Waals surface area contributed by atoms with Crippen LogP contribution in [0.25, 0.3) is 10.9 Å². The molecule has 0 fully saturated rings. The summed E-state index contributed by atoms with van der Waals surface area (Å²) in [5.74, 6) is 0.379. The molecular formula is C24H19Cl2N3O3. The van der Waals surface area contributed by atoms with Gasteiger partial charge in [-0.1, -0.05) is 65.7 Å². The predicted molar refractivity (Wildman–Crippen MR) is 125 cm³/mol. The van der Waals surface area contributed by atoms with Crippen LogP contribution in [0.1, 0.15) is 17.2 Å². The summed E-state index contributed by atoms with van der Waals surface area (Å²) >= 11 is 12.2. The summed E-state index contributed by atoms with van der Waals surface area (Å²) in [6.45, 7) is -0.203. The van der Waals surface area contributed by atoms with Gasteiger partial charge in [0, 0.05) is 5.02 Å². The lowest BCUT2D eigenvalue weighted by Gasteiger charge is -2.20. The van der Waals surface area contributed by atoms with Crippen LogP contribution in [-0.2, 0) is 11.3 Å². The number of benzene rings is 3. The minimum atomic E-state index is -0.400. The fourth-order valence-electron chi connectivity index (χ4n) is 3.47. The van der Waals surface area contributed by atoms with Crippen molar-refractivity contribution in [3.05, 3.63) is 105 Å². The summed E-state index contributed by atoms with van der Waals surface area (Å²) < 4.78 is 6.47. The summed E-state index contributed by atoms with van der Waals surface area (Å²) in [6.07, 6.45) is 1.31. The number of methoxy groups -OCH3 is 1. The highest BCUT2D eigenvalue weighted by molar-refractivity contribution is 6.38. The van der Waals surface area contributed by atoms with Crippen LogP contribution in [-0.4, -0.2) is 22.6 Å². The molecule has 4 aromatic rings. The Hall–Kier alpha value is -3.35. The van der Waals surface area contributed by atoms with Crippen molar-refractivity contribution in [2.45, 2.75) is 12.6 Å². The van der Waals surface area contributed by atoms with Crippen LogP contribution < -0.4 is 15.6 Å². The van der Waals surface area contributed by atoms with Crippen LogP contribution in [0.5, 0.6) is 5.75 Å². The second-order valence-corrected chi connectivity index (χ2v) is 7.99. The van der Waals surface area contributed by atoms with Gasteiger partial charge in [-0.2, -0.15) is 0 Å². The van der Waals surface area contributed by atoms with Gasteiger partial charge in [-0.3, -0.25) is 14.2 Å². The van der Waals surface area contributed by atoms with Gasteiger partial charge in [0.15, 0.2) is 0 Å². The van der Waals surface area contributed by atoms with Crippen LogP contribution in [0.15, 0.2) is 77.9 Å². The average molecular weight is 468 g/mol. The van der Waals surface area contributed by atoms with Gasteiger partial charge in [0.2, 0.25) is 5.91 Å². The Labute approximate surface area is 194 Å². The lowest BCUT2D eigenvalue weighted by molar-refractivity contribution is -0.122. The number of aromatic nitrogens is 2. The molecule has 3 aromatic carbocycles. The molecule has 32 heavy (non-hydrogen) atoms. The van der Waals surface area contributed by atoms with Crippen molar-refractivity contribution in [1.29, 1.82) is 0 Å². The van der Waals surface area contributed by atoms with Gasteiger partial charge < -0.3 is 10.1 Å². The third-order valence-electron chi connectivity index (χ3n) is 5.05. The number of nitrogens with zero attached hydrogens (tertiary/aromatic N) is 2. The van der Waals surface area contributed by atoms with E-state index >= 15 is 0 Å². The molecule has 1 N–H and O–H groups in total. The number of carbonyl (C=O) groups is 1. The Bertz CT molecular complexity index is 1320. The molecule has 0 radical (unpaired) electrons. The summed E-state index contributed by atoms with van der Waals surface area (Å²) in [5.41, 5.74) is 1.75. The molecule has 4 rings (SSSR count). The van der Waals surface area contributed by atoms with Crippen molar-refractivity contribution < 1.29 is 9.53 Å². The molecule has 6 nitrogen and oxygen atoms in total. The van der Waals surface area contributed by atoms with Crippen LogP contribution in [0.3, 0.4) is 0 Å². The Morgan fingerprint density at radius 2 is 1.75 bits per heavy atom. The van der Waals surface area contributed by atoms with E-state index in [1.165, 1.54) is 23.0 Å². The Balaban J connectivity index is 1.63. The highest BCUT2D eigenvalue weighted by atomic mass is 35.5. The van der Waals surface area contributed by atoms with Gasteiger partial charge in [0.25, 0.3) is 5.56 Å². The van der Waals surface area contributed by atoms with Gasteiger partial charge >= 0.3 is 0 Å². The number of halogens is 2. The molecule has 0 aliphatic heterocycles. The van der Waals surface area contributed by atoms with Gasteiger partial charge in [-0.15, -0.1) is 0 Å². The van der Waals surface area contributed by atoms with E-state index in [2.05, 4.69) is 10.3 Å². The van der Waals surface area contributed by atoms with E-state index in [9.17, 15) is 9.59 Å². The fourth-order valence-corrected chi connectivity index (χ4v) is 4.01. The van der Waals surface area contributed by atoms with Crippen LogP contribution in [0.4, 0.5) is 0 Å². The summed E-state index contributed by atoms with van der Waals surface area (Å²) in [5, 5.41) is 3.88. The molecule has 0 bridgehead atoms. The molecule has 1 amide bonds. The number of rotatable bonds is 6. The zero-order valence-corrected chi connectivity index (χ0v) is 18.6. The second kappa shape index (κ2) is 9.42. The number of nitrogens with one attached hydrogen (secondary N) is 1. The Morgan fingerprint density at radius 3 is 2.44 bits per heavy atom. The smallest absolute Gasteiger partial charge is 0.261 e. The topological polar surface area (TPSA) is 73.2 Å². The molecule has 0 aliphatic carbocycles. The first-order valence-electron chi connectivity index (χ1n) is 9.78. The molecule has 0 spiro atoms. The SMILES string of the molecule is COc1ccc([C@H](NC(=O)Cn2cnc3c(Cl)cc(Cl)cc3c2=O)c2ccccc2)cc1. The van der Waals surface area contributed by atoms with Crippen molar-refractivity contribution in [3.63, 3.8) is 0 Å². The fraction of sp³-hybridized carbons (Fsp3) is 0.125. The van der Waals surface area contributed by atoms with E-state index in [-0.39, 0.29) is 22.9 Å². The zero-order valence-electron chi connectivity index (χ0n) is 17.1.